The summed E-state index contributed by atoms with van der Waals surface area (Å²) in [6.45, 7) is 1.42. The Morgan fingerprint density at radius 3 is 2.90 bits per heavy atom. The largest absolute Gasteiger partial charge is 0.378 e. The summed E-state index contributed by atoms with van der Waals surface area (Å²) >= 11 is 0. The molecular weight excluding hydrogens is 260 g/mol. The van der Waals surface area contributed by atoms with Crippen molar-refractivity contribution in [2.45, 2.75) is 50.8 Å². The van der Waals surface area contributed by atoms with E-state index in [1.165, 1.54) is 11.0 Å². The van der Waals surface area contributed by atoms with E-state index in [1.54, 1.807) is 0 Å². The number of nitrogens with one attached hydrogen (secondary N) is 1. The van der Waals surface area contributed by atoms with E-state index in [0.717, 1.165) is 32.1 Å². The number of carbonyl (C=O) groups excluding carboxylic acids is 1. The summed E-state index contributed by atoms with van der Waals surface area (Å²) in [4.78, 5) is 11.5. The van der Waals surface area contributed by atoms with Gasteiger partial charge in [-0.1, -0.05) is 0 Å². The molecule has 1 heterocycles. The average Bonchev–Trinajstić information content (AvgIpc) is 2.93. The molecule has 1 aliphatic carbocycles. The molecule has 20 heavy (non-hydrogen) atoms. The first-order chi connectivity index (χ1) is 9.74. The van der Waals surface area contributed by atoms with E-state index < -0.39 is 0 Å². The summed E-state index contributed by atoms with van der Waals surface area (Å²) in [5, 5.41) is 13.4. The zero-order chi connectivity index (χ0) is 14.2. The molecule has 3 N–H and O–H groups in total. The Labute approximate surface area is 118 Å². The van der Waals surface area contributed by atoms with E-state index >= 15 is 0 Å². The maximum Gasteiger partial charge on any atom is 0.241 e. The van der Waals surface area contributed by atoms with Crippen LogP contribution in [0.5, 0.6) is 0 Å². The molecule has 8 heteroatoms. The lowest BCUT2D eigenvalue weighted by Gasteiger charge is -2.26. The quantitative estimate of drug-likeness (QED) is 0.651. The number of amides is 1. The van der Waals surface area contributed by atoms with Crippen molar-refractivity contribution in [3.05, 3.63) is 6.33 Å². The number of hydrogen-bond acceptors (Lipinski definition) is 6. The topological polar surface area (TPSA) is 108 Å². The van der Waals surface area contributed by atoms with Crippen LogP contribution < -0.4 is 11.1 Å². The molecule has 0 bridgehead atoms. The minimum Gasteiger partial charge on any atom is -0.378 e. The normalized spacial score (nSPS) is 22.6. The number of aromatic nitrogens is 4. The lowest BCUT2D eigenvalue weighted by molar-refractivity contribution is -0.121. The molecule has 2 rings (SSSR count). The highest BCUT2D eigenvalue weighted by atomic mass is 16.5. The molecule has 1 fully saturated rings. The van der Waals surface area contributed by atoms with Gasteiger partial charge in [0.15, 0.2) is 0 Å². The summed E-state index contributed by atoms with van der Waals surface area (Å²) in [6, 6.07) is 0.348. The highest BCUT2D eigenvalue weighted by molar-refractivity contribution is 5.75. The lowest BCUT2D eigenvalue weighted by atomic mass is 9.94. The number of carbonyl (C=O) groups is 1. The molecule has 1 aliphatic rings. The molecule has 0 saturated heterocycles. The zero-order valence-electron chi connectivity index (χ0n) is 11.6. The van der Waals surface area contributed by atoms with Crippen LogP contribution in [0, 0.1) is 0 Å². The van der Waals surface area contributed by atoms with E-state index in [-0.39, 0.29) is 12.5 Å². The number of ether oxygens (including phenoxy) is 1. The van der Waals surface area contributed by atoms with Gasteiger partial charge in [0.05, 0.1) is 6.10 Å². The van der Waals surface area contributed by atoms with Gasteiger partial charge in [0.25, 0.3) is 0 Å². The highest BCUT2D eigenvalue weighted by Gasteiger charge is 2.18. The predicted octanol–water partition coefficient (Wildman–Crippen LogP) is -0.534. The number of nitrogens with two attached hydrogens (primary N) is 1. The Kier molecular flexibility index (Phi) is 5.87. The molecule has 8 nitrogen and oxygen atoms in total. The molecule has 0 aromatic carbocycles. The monoisotopic (exact) mass is 282 g/mol. The summed E-state index contributed by atoms with van der Waals surface area (Å²) in [5.41, 5.74) is 5.84. The first-order valence-electron chi connectivity index (χ1n) is 7.08. The Balaban J connectivity index is 1.48. The van der Waals surface area contributed by atoms with Crippen molar-refractivity contribution in [1.29, 1.82) is 0 Å². The van der Waals surface area contributed by atoms with Crippen LogP contribution in [0.25, 0.3) is 0 Å². The van der Waals surface area contributed by atoms with Crippen LogP contribution in [0.3, 0.4) is 0 Å². The first kappa shape index (κ1) is 14.9. The molecule has 1 amide bonds. The van der Waals surface area contributed by atoms with E-state index in [2.05, 4.69) is 20.8 Å². The molecular formula is C12H22N6O2. The second-order valence-electron chi connectivity index (χ2n) is 5.12. The van der Waals surface area contributed by atoms with Gasteiger partial charge in [0.2, 0.25) is 5.91 Å². The first-order valence-corrected chi connectivity index (χ1v) is 7.08. The van der Waals surface area contributed by atoms with E-state index in [9.17, 15) is 4.79 Å². The predicted molar refractivity (Wildman–Crippen MR) is 71.6 cm³/mol. The van der Waals surface area contributed by atoms with Crippen LogP contribution in [0.2, 0.25) is 0 Å². The standard InChI is InChI=1S/C12H22N6O2/c13-10-2-4-11(5-3-10)20-7-1-6-14-12(19)8-18-9-15-16-17-18/h9-11H,1-8,13H2,(H,14,19). The number of hydrogen-bond donors (Lipinski definition) is 2. The van der Waals surface area contributed by atoms with Crippen molar-refractivity contribution in [2.75, 3.05) is 13.2 Å². The summed E-state index contributed by atoms with van der Waals surface area (Å²) in [7, 11) is 0. The zero-order valence-corrected chi connectivity index (χ0v) is 11.6. The van der Waals surface area contributed by atoms with Crippen LogP contribution in [0.15, 0.2) is 6.33 Å². The van der Waals surface area contributed by atoms with Crippen LogP contribution in [0.4, 0.5) is 0 Å². The van der Waals surface area contributed by atoms with Gasteiger partial charge in [-0.3, -0.25) is 4.79 Å². The van der Waals surface area contributed by atoms with E-state index in [4.69, 9.17) is 10.5 Å². The van der Waals surface area contributed by atoms with Crippen molar-refractivity contribution in [3.63, 3.8) is 0 Å². The van der Waals surface area contributed by atoms with Crippen LogP contribution in [0.1, 0.15) is 32.1 Å². The third kappa shape index (κ3) is 5.22. The fraction of sp³-hybridized carbons (Fsp3) is 0.833. The maximum absolute atomic E-state index is 11.5. The van der Waals surface area contributed by atoms with Gasteiger partial charge in [0, 0.05) is 19.2 Å². The molecule has 1 saturated carbocycles. The smallest absolute Gasteiger partial charge is 0.241 e. The van der Waals surface area contributed by atoms with Crippen molar-refractivity contribution < 1.29 is 9.53 Å². The van der Waals surface area contributed by atoms with Crippen molar-refractivity contribution in [1.82, 2.24) is 25.5 Å². The van der Waals surface area contributed by atoms with Gasteiger partial charge in [0.1, 0.15) is 12.9 Å². The Morgan fingerprint density at radius 1 is 1.40 bits per heavy atom. The Hall–Kier alpha value is -1.54. The van der Waals surface area contributed by atoms with Crippen LogP contribution in [-0.4, -0.2) is 51.4 Å². The van der Waals surface area contributed by atoms with Crippen LogP contribution >= 0.6 is 0 Å². The minimum atomic E-state index is -0.0964. The van der Waals surface area contributed by atoms with Crippen molar-refractivity contribution in [2.24, 2.45) is 5.73 Å². The number of nitrogens with zero attached hydrogens (tertiary/aromatic N) is 4. The van der Waals surface area contributed by atoms with E-state index in [0.29, 0.717) is 25.3 Å². The van der Waals surface area contributed by atoms with Crippen molar-refractivity contribution in [3.8, 4) is 0 Å². The SMILES string of the molecule is NC1CCC(OCCCNC(=O)Cn2cnnn2)CC1. The molecule has 0 unspecified atom stereocenters. The molecule has 0 spiro atoms. The Bertz CT molecular complexity index is 389. The summed E-state index contributed by atoms with van der Waals surface area (Å²) < 4.78 is 7.16. The fourth-order valence-corrected chi connectivity index (χ4v) is 2.26. The molecule has 0 atom stereocenters. The van der Waals surface area contributed by atoms with Gasteiger partial charge in [-0.15, -0.1) is 5.10 Å². The molecule has 0 radical (unpaired) electrons. The fourth-order valence-electron chi connectivity index (χ4n) is 2.26. The highest BCUT2D eigenvalue weighted by Crippen LogP contribution is 2.19. The van der Waals surface area contributed by atoms with Gasteiger partial charge in [-0.25, -0.2) is 4.68 Å². The third-order valence-corrected chi connectivity index (χ3v) is 3.41. The Morgan fingerprint density at radius 2 is 2.20 bits per heavy atom. The molecule has 112 valence electrons. The number of rotatable bonds is 7. The van der Waals surface area contributed by atoms with Gasteiger partial charge < -0.3 is 15.8 Å². The van der Waals surface area contributed by atoms with E-state index in [1.807, 2.05) is 0 Å². The number of tetrazole rings is 1. The molecule has 1 aromatic heterocycles. The lowest BCUT2D eigenvalue weighted by Crippen LogP contribution is -2.31. The van der Waals surface area contributed by atoms with Gasteiger partial charge in [-0.2, -0.15) is 0 Å². The second-order valence-corrected chi connectivity index (χ2v) is 5.12. The maximum atomic E-state index is 11.5. The van der Waals surface area contributed by atoms with Gasteiger partial charge in [-0.05, 0) is 42.5 Å². The summed E-state index contributed by atoms with van der Waals surface area (Å²) in [5.74, 6) is -0.0964. The van der Waals surface area contributed by atoms with Gasteiger partial charge >= 0.3 is 0 Å². The second kappa shape index (κ2) is 7.91. The molecule has 0 aliphatic heterocycles. The summed E-state index contributed by atoms with van der Waals surface area (Å²) in [6.07, 6.45) is 6.76. The third-order valence-electron chi connectivity index (χ3n) is 3.41. The van der Waals surface area contributed by atoms with Crippen LogP contribution in [-0.2, 0) is 16.1 Å². The minimum absolute atomic E-state index is 0.0964. The average molecular weight is 282 g/mol. The van der Waals surface area contributed by atoms with Crippen molar-refractivity contribution >= 4 is 5.91 Å². The molecule has 1 aromatic rings.